The van der Waals surface area contributed by atoms with Crippen LogP contribution < -0.4 is 0 Å². The molecular weight excluding hydrogens is 196 g/mol. The second-order valence-electron chi connectivity index (χ2n) is 6.36. The van der Waals surface area contributed by atoms with E-state index in [0.29, 0.717) is 5.41 Å². The van der Waals surface area contributed by atoms with Gasteiger partial charge in [-0.3, -0.25) is 4.90 Å². The highest BCUT2D eigenvalue weighted by atomic mass is 15.2. The van der Waals surface area contributed by atoms with Crippen LogP contribution in [-0.4, -0.2) is 23.5 Å². The number of piperidine rings is 1. The number of likely N-dealkylation sites (tertiary alicyclic amines) is 1. The summed E-state index contributed by atoms with van der Waals surface area (Å²) in [6.07, 6.45) is 8.49. The Morgan fingerprint density at radius 1 is 0.938 bits per heavy atom. The van der Waals surface area contributed by atoms with E-state index in [-0.39, 0.29) is 5.54 Å². The van der Waals surface area contributed by atoms with Crippen molar-refractivity contribution in [3.63, 3.8) is 0 Å². The molecule has 2 heteroatoms. The van der Waals surface area contributed by atoms with Crippen molar-refractivity contribution in [2.24, 2.45) is 5.41 Å². The van der Waals surface area contributed by atoms with Crippen molar-refractivity contribution in [1.82, 2.24) is 4.90 Å². The number of nitriles is 1. The topological polar surface area (TPSA) is 27.0 Å². The van der Waals surface area contributed by atoms with Crippen LogP contribution in [0.1, 0.15) is 58.8 Å². The molecule has 2 nitrogen and oxygen atoms in total. The first kappa shape index (κ1) is 11.9. The summed E-state index contributed by atoms with van der Waals surface area (Å²) in [6, 6.07) is 2.65. The molecular formula is C14H24N2. The summed E-state index contributed by atoms with van der Waals surface area (Å²) in [6.45, 7) is 6.97. The van der Waals surface area contributed by atoms with E-state index in [9.17, 15) is 5.26 Å². The van der Waals surface area contributed by atoms with Crippen LogP contribution in [0, 0.1) is 16.7 Å². The molecule has 0 aromatic heterocycles. The molecule has 0 aromatic rings. The SMILES string of the molecule is CC1(C)CCC(C#N)(N2CCCCC2)CC1. The average Bonchev–Trinajstić information content (AvgIpc) is 2.31. The van der Waals surface area contributed by atoms with Crippen molar-refractivity contribution in [2.45, 2.75) is 64.3 Å². The van der Waals surface area contributed by atoms with Crippen molar-refractivity contribution in [3.05, 3.63) is 0 Å². The predicted molar refractivity (Wildman–Crippen MR) is 66.0 cm³/mol. The maximum Gasteiger partial charge on any atom is 0.109 e. The molecule has 1 aliphatic carbocycles. The second-order valence-corrected chi connectivity index (χ2v) is 6.36. The lowest BCUT2D eigenvalue weighted by molar-refractivity contribution is 0.0437. The van der Waals surface area contributed by atoms with E-state index in [4.69, 9.17) is 0 Å². The Morgan fingerprint density at radius 2 is 1.50 bits per heavy atom. The van der Waals surface area contributed by atoms with Crippen LogP contribution in [0.5, 0.6) is 0 Å². The maximum absolute atomic E-state index is 9.57. The van der Waals surface area contributed by atoms with Crippen LogP contribution in [0.4, 0.5) is 0 Å². The molecule has 1 saturated heterocycles. The monoisotopic (exact) mass is 220 g/mol. The Labute approximate surface area is 99.6 Å². The third-order valence-corrected chi connectivity index (χ3v) is 4.60. The van der Waals surface area contributed by atoms with Crippen LogP contribution >= 0.6 is 0 Å². The van der Waals surface area contributed by atoms with E-state index in [1.165, 1.54) is 32.1 Å². The third-order valence-electron chi connectivity index (χ3n) is 4.60. The Kier molecular flexibility index (Phi) is 3.26. The van der Waals surface area contributed by atoms with Crippen molar-refractivity contribution >= 4 is 0 Å². The minimum Gasteiger partial charge on any atom is -0.286 e. The van der Waals surface area contributed by atoms with Crippen LogP contribution in [0.25, 0.3) is 0 Å². The highest BCUT2D eigenvalue weighted by molar-refractivity contribution is 5.11. The van der Waals surface area contributed by atoms with Crippen molar-refractivity contribution < 1.29 is 0 Å². The lowest BCUT2D eigenvalue weighted by atomic mass is 9.69. The van der Waals surface area contributed by atoms with E-state index in [1.807, 2.05) is 0 Å². The fraction of sp³-hybridized carbons (Fsp3) is 0.929. The van der Waals surface area contributed by atoms with Crippen LogP contribution in [0.2, 0.25) is 0 Å². The van der Waals surface area contributed by atoms with Gasteiger partial charge in [-0.1, -0.05) is 20.3 Å². The maximum atomic E-state index is 9.57. The molecule has 0 bridgehead atoms. The van der Waals surface area contributed by atoms with Crippen LogP contribution in [0.3, 0.4) is 0 Å². The lowest BCUT2D eigenvalue weighted by Gasteiger charge is -2.47. The number of hydrogen-bond acceptors (Lipinski definition) is 2. The molecule has 2 rings (SSSR count). The number of rotatable bonds is 1. The molecule has 0 atom stereocenters. The zero-order valence-electron chi connectivity index (χ0n) is 10.8. The summed E-state index contributed by atoms with van der Waals surface area (Å²) in [5.41, 5.74) is 0.339. The van der Waals surface area contributed by atoms with Crippen LogP contribution in [0.15, 0.2) is 0 Å². The Hall–Kier alpha value is -0.550. The van der Waals surface area contributed by atoms with Crippen molar-refractivity contribution in [3.8, 4) is 6.07 Å². The highest BCUT2D eigenvalue weighted by Crippen LogP contribution is 2.43. The molecule has 0 spiro atoms. The molecule has 16 heavy (non-hydrogen) atoms. The molecule has 0 unspecified atom stereocenters. The smallest absolute Gasteiger partial charge is 0.109 e. The van der Waals surface area contributed by atoms with E-state index >= 15 is 0 Å². The van der Waals surface area contributed by atoms with Gasteiger partial charge in [-0.05, 0) is 57.0 Å². The first-order valence-electron chi connectivity index (χ1n) is 6.74. The predicted octanol–water partition coefficient (Wildman–Crippen LogP) is 3.33. The number of hydrogen-bond donors (Lipinski definition) is 0. The van der Waals surface area contributed by atoms with Crippen LogP contribution in [-0.2, 0) is 0 Å². The normalized spacial score (nSPS) is 29.6. The second kappa shape index (κ2) is 4.37. The zero-order chi connectivity index (χ0) is 11.6. The van der Waals surface area contributed by atoms with Gasteiger partial charge in [0.1, 0.15) is 5.54 Å². The molecule has 2 aliphatic rings. The van der Waals surface area contributed by atoms with Crippen molar-refractivity contribution in [1.29, 1.82) is 5.26 Å². The van der Waals surface area contributed by atoms with E-state index in [1.54, 1.807) is 0 Å². The third kappa shape index (κ3) is 2.25. The molecule has 1 heterocycles. The fourth-order valence-corrected chi connectivity index (χ4v) is 3.16. The van der Waals surface area contributed by atoms with Gasteiger partial charge >= 0.3 is 0 Å². The summed E-state index contributed by atoms with van der Waals surface area (Å²) < 4.78 is 0. The molecule has 1 aliphatic heterocycles. The first-order chi connectivity index (χ1) is 7.58. The molecule has 0 aromatic carbocycles. The fourth-order valence-electron chi connectivity index (χ4n) is 3.16. The lowest BCUT2D eigenvalue weighted by Crippen LogP contribution is -2.52. The van der Waals surface area contributed by atoms with Gasteiger partial charge in [0, 0.05) is 0 Å². The van der Waals surface area contributed by atoms with Gasteiger partial charge in [0.2, 0.25) is 0 Å². The Bertz CT molecular complexity index is 272. The van der Waals surface area contributed by atoms with Gasteiger partial charge in [0.15, 0.2) is 0 Å². The molecule has 0 radical (unpaired) electrons. The quantitative estimate of drug-likeness (QED) is 0.677. The van der Waals surface area contributed by atoms with Gasteiger partial charge in [-0.15, -0.1) is 0 Å². The summed E-state index contributed by atoms with van der Waals surface area (Å²) in [5, 5.41) is 9.57. The van der Waals surface area contributed by atoms with Gasteiger partial charge in [-0.2, -0.15) is 5.26 Å². The highest BCUT2D eigenvalue weighted by Gasteiger charge is 2.42. The Morgan fingerprint density at radius 3 is 2.00 bits per heavy atom. The van der Waals surface area contributed by atoms with Gasteiger partial charge in [0.05, 0.1) is 6.07 Å². The molecule has 2 fully saturated rings. The molecule has 1 saturated carbocycles. The standard InChI is InChI=1S/C14H24N2/c1-13(2)6-8-14(12-15,9-7-13)16-10-4-3-5-11-16/h3-11H2,1-2H3. The molecule has 0 amide bonds. The first-order valence-corrected chi connectivity index (χ1v) is 6.74. The summed E-state index contributed by atoms with van der Waals surface area (Å²) in [5.74, 6) is 0. The largest absolute Gasteiger partial charge is 0.286 e. The average molecular weight is 220 g/mol. The summed E-state index contributed by atoms with van der Waals surface area (Å²) in [4.78, 5) is 2.48. The van der Waals surface area contributed by atoms with E-state index < -0.39 is 0 Å². The number of nitrogens with zero attached hydrogens (tertiary/aromatic N) is 2. The molecule has 90 valence electrons. The minimum atomic E-state index is -0.115. The van der Waals surface area contributed by atoms with Gasteiger partial charge in [-0.25, -0.2) is 0 Å². The summed E-state index contributed by atoms with van der Waals surface area (Å²) >= 11 is 0. The van der Waals surface area contributed by atoms with Crippen molar-refractivity contribution in [2.75, 3.05) is 13.1 Å². The van der Waals surface area contributed by atoms with Gasteiger partial charge < -0.3 is 0 Å². The summed E-state index contributed by atoms with van der Waals surface area (Å²) in [7, 11) is 0. The Balaban J connectivity index is 2.06. The van der Waals surface area contributed by atoms with E-state index in [0.717, 1.165) is 25.9 Å². The molecule has 0 N–H and O–H groups in total. The minimum absolute atomic E-state index is 0.115. The zero-order valence-corrected chi connectivity index (χ0v) is 10.8. The van der Waals surface area contributed by atoms with E-state index in [2.05, 4.69) is 24.8 Å². The van der Waals surface area contributed by atoms with Gasteiger partial charge in [0.25, 0.3) is 0 Å².